The summed E-state index contributed by atoms with van der Waals surface area (Å²) in [5.74, 6) is -0.0296. The second-order valence-electron chi connectivity index (χ2n) is 3.56. The molecule has 0 unspecified atom stereocenters. The standard InChI is InChI=1S/C11H10N4O2S/c1-18(16,17)8-9-2-4-10(5-3-9)14-15-11(6-12)7-13/h2-5,14H,8H2,1H3. The number of nitrogens with zero attached hydrogens (tertiary/aromatic N) is 3. The van der Waals surface area contributed by atoms with Gasteiger partial charge in [0.15, 0.2) is 9.84 Å². The minimum absolute atomic E-state index is 0.0296. The third-order valence-electron chi connectivity index (χ3n) is 1.89. The number of nitrogens with one attached hydrogen (secondary N) is 1. The number of benzene rings is 1. The zero-order valence-electron chi connectivity index (χ0n) is 9.58. The highest BCUT2D eigenvalue weighted by atomic mass is 32.2. The normalized spacial score (nSPS) is 9.94. The fraction of sp³-hybridized carbons (Fsp3) is 0.182. The second-order valence-corrected chi connectivity index (χ2v) is 5.70. The van der Waals surface area contributed by atoms with Gasteiger partial charge in [-0.1, -0.05) is 12.1 Å². The molecule has 92 valence electrons. The van der Waals surface area contributed by atoms with Crippen LogP contribution >= 0.6 is 0 Å². The van der Waals surface area contributed by atoms with Crippen LogP contribution in [-0.4, -0.2) is 20.4 Å². The van der Waals surface area contributed by atoms with Gasteiger partial charge in [0.25, 0.3) is 0 Å². The van der Waals surface area contributed by atoms with Crippen molar-refractivity contribution in [2.75, 3.05) is 11.7 Å². The van der Waals surface area contributed by atoms with Gasteiger partial charge in [0, 0.05) is 6.26 Å². The first kappa shape index (κ1) is 13.7. The van der Waals surface area contributed by atoms with Crippen molar-refractivity contribution < 1.29 is 8.42 Å². The van der Waals surface area contributed by atoms with E-state index in [9.17, 15) is 8.42 Å². The van der Waals surface area contributed by atoms with Crippen molar-refractivity contribution in [3.05, 3.63) is 29.8 Å². The van der Waals surface area contributed by atoms with Crippen molar-refractivity contribution in [3.8, 4) is 12.1 Å². The van der Waals surface area contributed by atoms with Crippen molar-refractivity contribution in [1.29, 1.82) is 10.5 Å². The van der Waals surface area contributed by atoms with E-state index in [0.717, 1.165) is 6.26 Å². The third-order valence-corrected chi connectivity index (χ3v) is 2.75. The summed E-state index contributed by atoms with van der Waals surface area (Å²) in [6, 6.07) is 9.74. The Hall–Kier alpha value is -2.38. The fourth-order valence-corrected chi connectivity index (χ4v) is 1.97. The van der Waals surface area contributed by atoms with Crippen molar-refractivity contribution in [2.45, 2.75) is 5.75 Å². The number of anilines is 1. The number of hydrogen-bond acceptors (Lipinski definition) is 6. The lowest BCUT2D eigenvalue weighted by molar-refractivity contribution is 0.601. The highest BCUT2D eigenvalue weighted by Crippen LogP contribution is 2.11. The van der Waals surface area contributed by atoms with Crippen LogP contribution in [0.15, 0.2) is 29.4 Å². The van der Waals surface area contributed by atoms with E-state index in [1.165, 1.54) is 0 Å². The molecule has 0 saturated heterocycles. The zero-order chi connectivity index (χ0) is 13.6. The molecule has 0 bridgehead atoms. The molecule has 0 radical (unpaired) electrons. The Balaban J connectivity index is 2.77. The van der Waals surface area contributed by atoms with Crippen molar-refractivity contribution in [2.24, 2.45) is 5.10 Å². The van der Waals surface area contributed by atoms with Gasteiger partial charge < -0.3 is 0 Å². The average Bonchev–Trinajstić information content (AvgIpc) is 2.30. The molecule has 0 aromatic heterocycles. The number of sulfone groups is 1. The second kappa shape index (κ2) is 5.80. The van der Waals surface area contributed by atoms with Gasteiger partial charge in [-0.3, -0.25) is 5.43 Å². The van der Waals surface area contributed by atoms with Gasteiger partial charge in [-0.05, 0) is 17.7 Å². The molecule has 1 rings (SSSR count). The maximum Gasteiger partial charge on any atom is 0.237 e. The van der Waals surface area contributed by atoms with E-state index in [4.69, 9.17) is 10.5 Å². The predicted molar refractivity (Wildman–Crippen MR) is 67.3 cm³/mol. The summed E-state index contributed by atoms with van der Waals surface area (Å²) in [6.07, 6.45) is 1.16. The summed E-state index contributed by atoms with van der Waals surface area (Å²) in [4.78, 5) is 0. The summed E-state index contributed by atoms with van der Waals surface area (Å²) >= 11 is 0. The number of hydrazone groups is 1. The minimum Gasteiger partial charge on any atom is -0.277 e. The molecule has 0 aliphatic carbocycles. The van der Waals surface area contributed by atoms with Crippen LogP contribution in [0.5, 0.6) is 0 Å². The van der Waals surface area contributed by atoms with E-state index in [0.29, 0.717) is 11.3 Å². The molecular weight excluding hydrogens is 252 g/mol. The van der Waals surface area contributed by atoms with Gasteiger partial charge in [-0.2, -0.15) is 15.6 Å². The van der Waals surface area contributed by atoms with E-state index in [2.05, 4.69) is 10.5 Å². The van der Waals surface area contributed by atoms with Crippen LogP contribution in [0.25, 0.3) is 0 Å². The Morgan fingerprint density at radius 3 is 2.28 bits per heavy atom. The van der Waals surface area contributed by atoms with Crippen molar-refractivity contribution in [1.82, 2.24) is 0 Å². The van der Waals surface area contributed by atoms with Crippen LogP contribution in [0.3, 0.4) is 0 Å². The lowest BCUT2D eigenvalue weighted by atomic mass is 10.2. The van der Waals surface area contributed by atoms with E-state index < -0.39 is 9.84 Å². The Kier molecular flexibility index (Phi) is 4.41. The maximum absolute atomic E-state index is 11.1. The molecule has 0 amide bonds. The first-order valence-corrected chi connectivity index (χ1v) is 6.91. The van der Waals surface area contributed by atoms with E-state index >= 15 is 0 Å². The Morgan fingerprint density at radius 2 is 1.83 bits per heavy atom. The summed E-state index contributed by atoms with van der Waals surface area (Å²) in [7, 11) is -3.06. The minimum atomic E-state index is -3.06. The van der Waals surface area contributed by atoms with Crippen LogP contribution in [0.4, 0.5) is 5.69 Å². The molecule has 1 aromatic rings. The first-order valence-electron chi connectivity index (χ1n) is 4.85. The quantitative estimate of drug-likeness (QED) is 0.644. The van der Waals surface area contributed by atoms with Crippen LogP contribution < -0.4 is 5.43 Å². The van der Waals surface area contributed by atoms with Gasteiger partial charge in [-0.25, -0.2) is 8.42 Å². The molecule has 0 aliphatic heterocycles. The largest absolute Gasteiger partial charge is 0.277 e. The van der Waals surface area contributed by atoms with Gasteiger partial charge in [0.1, 0.15) is 12.1 Å². The predicted octanol–water partition coefficient (Wildman–Crippen LogP) is 1.05. The van der Waals surface area contributed by atoms with E-state index in [-0.39, 0.29) is 11.5 Å². The molecule has 0 atom stereocenters. The molecule has 0 spiro atoms. The molecule has 1 aromatic carbocycles. The Labute approximate surface area is 105 Å². The Morgan fingerprint density at radius 1 is 1.28 bits per heavy atom. The van der Waals surface area contributed by atoms with Crippen LogP contribution in [0.2, 0.25) is 0 Å². The van der Waals surface area contributed by atoms with Gasteiger partial charge in [0.2, 0.25) is 5.71 Å². The summed E-state index contributed by atoms with van der Waals surface area (Å²) in [5.41, 5.74) is 3.47. The summed E-state index contributed by atoms with van der Waals surface area (Å²) in [6.45, 7) is 0. The van der Waals surface area contributed by atoms with Gasteiger partial charge in [0.05, 0.1) is 11.4 Å². The highest BCUT2D eigenvalue weighted by Gasteiger charge is 2.04. The number of nitriles is 2. The van der Waals surface area contributed by atoms with E-state index in [1.807, 2.05) is 0 Å². The molecule has 0 heterocycles. The van der Waals surface area contributed by atoms with Gasteiger partial charge in [-0.15, -0.1) is 0 Å². The summed E-state index contributed by atoms with van der Waals surface area (Å²) < 4.78 is 22.1. The third kappa shape index (κ3) is 4.64. The molecule has 0 saturated carbocycles. The number of hydrogen-bond donors (Lipinski definition) is 1. The van der Waals surface area contributed by atoms with Crippen LogP contribution in [0.1, 0.15) is 5.56 Å². The van der Waals surface area contributed by atoms with Crippen molar-refractivity contribution >= 4 is 21.2 Å². The lowest BCUT2D eigenvalue weighted by Crippen LogP contribution is -2.01. The van der Waals surface area contributed by atoms with Crippen LogP contribution in [0, 0.1) is 22.7 Å². The zero-order valence-corrected chi connectivity index (χ0v) is 10.4. The lowest BCUT2D eigenvalue weighted by Gasteiger charge is -2.02. The van der Waals surface area contributed by atoms with Crippen molar-refractivity contribution in [3.63, 3.8) is 0 Å². The SMILES string of the molecule is CS(=O)(=O)Cc1ccc(NN=C(C#N)C#N)cc1. The molecule has 1 N–H and O–H groups in total. The average molecular weight is 262 g/mol. The Bertz CT molecular complexity index is 617. The molecule has 7 heteroatoms. The van der Waals surface area contributed by atoms with Gasteiger partial charge >= 0.3 is 0 Å². The summed E-state index contributed by atoms with van der Waals surface area (Å²) in [5, 5.41) is 20.5. The fourth-order valence-electron chi connectivity index (χ4n) is 1.17. The molecule has 6 nitrogen and oxygen atoms in total. The van der Waals surface area contributed by atoms with E-state index in [1.54, 1.807) is 36.4 Å². The molecule has 0 aliphatic rings. The molecule has 0 fully saturated rings. The number of rotatable bonds is 4. The van der Waals surface area contributed by atoms with Crippen LogP contribution in [-0.2, 0) is 15.6 Å². The molecule has 18 heavy (non-hydrogen) atoms. The molecular formula is C11H10N4O2S. The smallest absolute Gasteiger partial charge is 0.237 e. The topological polar surface area (TPSA) is 106 Å². The maximum atomic E-state index is 11.1. The monoisotopic (exact) mass is 262 g/mol. The highest BCUT2D eigenvalue weighted by molar-refractivity contribution is 7.89. The first-order chi connectivity index (χ1) is 8.44.